The van der Waals surface area contributed by atoms with Crippen LogP contribution in [0.3, 0.4) is 0 Å². The molecule has 2 aromatic rings. The molecule has 1 heterocycles. The van der Waals surface area contributed by atoms with Crippen LogP contribution in [0.15, 0.2) is 58.2 Å². The summed E-state index contributed by atoms with van der Waals surface area (Å²) >= 11 is 3.26. The van der Waals surface area contributed by atoms with Crippen LogP contribution >= 0.6 is 15.9 Å². The number of urea groups is 1. The lowest BCUT2D eigenvalue weighted by atomic mass is 9.95. The zero-order valence-corrected chi connectivity index (χ0v) is 18.0. The molecule has 0 saturated heterocycles. The van der Waals surface area contributed by atoms with Crippen LogP contribution in [0.25, 0.3) is 0 Å². The molecule has 9 heteroatoms. The molecule has 30 heavy (non-hydrogen) atoms. The van der Waals surface area contributed by atoms with E-state index in [4.69, 9.17) is 14.2 Å². The molecule has 0 radical (unpaired) electrons. The molecule has 0 aliphatic carbocycles. The summed E-state index contributed by atoms with van der Waals surface area (Å²) in [5.41, 5.74) is 1.16. The van der Waals surface area contributed by atoms with Crippen molar-refractivity contribution in [1.82, 2.24) is 10.6 Å². The summed E-state index contributed by atoms with van der Waals surface area (Å²) in [6, 6.07) is 11.1. The number of methoxy groups -OCH3 is 1. The van der Waals surface area contributed by atoms with Crippen LogP contribution in [-0.2, 0) is 9.53 Å². The molecule has 0 spiro atoms. The van der Waals surface area contributed by atoms with Gasteiger partial charge in [0.2, 0.25) is 0 Å². The Kier molecular flexibility index (Phi) is 6.83. The molecule has 3 rings (SSSR count). The molecular weight excluding hydrogens is 456 g/mol. The third kappa shape index (κ3) is 4.85. The second-order valence-corrected chi connectivity index (χ2v) is 7.28. The molecule has 3 N–H and O–H groups in total. The highest BCUT2D eigenvalue weighted by molar-refractivity contribution is 9.10. The number of phenolic OH excluding ortho intramolecular Hbond substituents is 1. The van der Waals surface area contributed by atoms with Crippen LogP contribution in [0, 0.1) is 0 Å². The van der Waals surface area contributed by atoms with Crippen molar-refractivity contribution in [1.29, 1.82) is 0 Å². The fourth-order valence-corrected chi connectivity index (χ4v) is 3.48. The third-order valence-electron chi connectivity index (χ3n) is 4.42. The lowest BCUT2D eigenvalue weighted by molar-refractivity contribution is -0.140. The van der Waals surface area contributed by atoms with E-state index in [1.165, 1.54) is 7.11 Å². The van der Waals surface area contributed by atoms with Crippen LogP contribution in [0.4, 0.5) is 4.79 Å². The van der Waals surface area contributed by atoms with E-state index in [0.29, 0.717) is 21.5 Å². The number of esters is 1. The number of benzene rings is 2. The van der Waals surface area contributed by atoms with E-state index < -0.39 is 18.0 Å². The summed E-state index contributed by atoms with van der Waals surface area (Å²) in [4.78, 5) is 24.8. The van der Waals surface area contributed by atoms with Crippen LogP contribution in [0.5, 0.6) is 17.2 Å². The minimum atomic E-state index is -0.785. The van der Waals surface area contributed by atoms with Crippen molar-refractivity contribution in [2.45, 2.75) is 13.0 Å². The first-order chi connectivity index (χ1) is 14.4. The highest BCUT2D eigenvalue weighted by Crippen LogP contribution is 2.39. The maximum Gasteiger partial charge on any atom is 0.338 e. The van der Waals surface area contributed by atoms with Gasteiger partial charge < -0.3 is 30.0 Å². The number of hydrogen-bond acceptors (Lipinski definition) is 6. The number of ether oxygens (including phenoxy) is 3. The Morgan fingerprint density at radius 1 is 1.20 bits per heavy atom. The minimum Gasteiger partial charge on any atom is -0.503 e. The van der Waals surface area contributed by atoms with Crippen molar-refractivity contribution in [3.63, 3.8) is 0 Å². The van der Waals surface area contributed by atoms with Gasteiger partial charge in [-0.15, -0.1) is 0 Å². The second kappa shape index (κ2) is 9.53. The molecule has 0 unspecified atom stereocenters. The fourth-order valence-electron chi connectivity index (χ4n) is 3.02. The number of para-hydroxylation sites is 1. The summed E-state index contributed by atoms with van der Waals surface area (Å²) in [5, 5.41) is 15.3. The quantitative estimate of drug-likeness (QED) is 0.417. The molecule has 0 aromatic heterocycles. The number of carbonyl (C=O) groups is 2. The molecule has 1 aliphatic rings. The summed E-state index contributed by atoms with van der Waals surface area (Å²) in [7, 11) is 1.41. The Morgan fingerprint density at radius 2 is 1.93 bits per heavy atom. The Morgan fingerprint density at radius 3 is 2.63 bits per heavy atom. The molecular formula is C21H21BrN2O6. The maximum absolute atomic E-state index is 12.8. The van der Waals surface area contributed by atoms with E-state index in [9.17, 15) is 14.7 Å². The number of rotatable bonds is 7. The summed E-state index contributed by atoms with van der Waals surface area (Å²) < 4.78 is 16.4. The van der Waals surface area contributed by atoms with Gasteiger partial charge in [0, 0.05) is 5.70 Å². The first-order valence-electron chi connectivity index (χ1n) is 9.10. The van der Waals surface area contributed by atoms with Crippen molar-refractivity contribution in [3.8, 4) is 17.2 Å². The molecule has 158 valence electrons. The number of allylic oxidation sites excluding steroid dienone is 1. The first kappa shape index (κ1) is 21.5. The molecule has 8 nitrogen and oxygen atoms in total. The zero-order chi connectivity index (χ0) is 21.7. The minimum absolute atomic E-state index is 0.0355. The number of hydrogen-bond donors (Lipinski definition) is 3. The number of phenols is 1. The molecule has 1 aliphatic heterocycles. The number of halogens is 1. The summed E-state index contributed by atoms with van der Waals surface area (Å²) in [5.74, 6) is 0.206. The van der Waals surface area contributed by atoms with Crippen molar-refractivity contribution < 1.29 is 28.9 Å². The Balaban J connectivity index is 1.76. The van der Waals surface area contributed by atoms with Crippen molar-refractivity contribution in [2.24, 2.45) is 0 Å². The van der Waals surface area contributed by atoms with Crippen LogP contribution in [0.2, 0.25) is 0 Å². The topological polar surface area (TPSA) is 106 Å². The normalized spacial score (nSPS) is 15.8. The summed E-state index contributed by atoms with van der Waals surface area (Å²) in [6.07, 6.45) is 0. The van der Waals surface area contributed by atoms with E-state index >= 15 is 0 Å². The monoisotopic (exact) mass is 476 g/mol. The average molecular weight is 477 g/mol. The van der Waals surface area contributed by atoms with Gasteiger partial charge in [0.05, 0.1) is 23.2 Å². The smallest absolute Gasteiger partial charge is 0.338 e. The standard InChI is InChI=1S/C21H21BrN2O6/c1-12-17(20(26)30-9-8-29-14-6-4-3-5-7-14)18(24-21(27)23-12)13-10-15(22)19(25)16(11-13)28-2/h3-7,10-11,18,25H,8-9H2,1-2H3,(H2,23,24,27)/t18-/m1/s1. The van der Waals surface area contributed by atoms with Gasteiger partial charge in [0.15, 0.2) is 11.5 Å². The predicted molar refractivity (Wildman–Crippen MR) is 112 cm³/mol. The lowest BCUT2D eigenvalue weighted by Gasteiger charge is -2.28. The number of amides is 2. The Hall–Kier alpha value is -3.20. The number of nitrogens with one attached hydrogen (secondary N) is 2. The Labute approximate surface area is 182 Å². The highest BCUT2D eigenvalue weighted by atomic mass is 79.9. The van der Waals surface area contributed by atoms with Crippen LogP contribution < -0.4 is 20.1 Å². The number of carbonyl (C=O) groups excluding carboxylic acids is 2. The van der Waals surface area contributed by atoms with E-state index in [1.54, 1.807) is 31.2 Å². The number of aromatic hydroxyl groups is 1. The van der Waals surface area contributed by atoms with Gasteiger partial charge in [-0.3, -0.25) is 0 Å². The third-order valence-corrected chi connectivity index (χ3v) is 5.03. The fraction of sp³-hybridized carbons (Fsp3) is 0.238. The van der Waals surface area contributed by atoms with Crippen molar-refractivity contribution in [3.05, 3.63) is 63.8 Å². The SMILES string of the molecule is COc1cc([C@H]2NC(=O)NC(C)=C2C(=O)OCCOc2ccccc2)cc(Br)c1O. The zero-order valence-electron chi connectivity index (χ0n) is 16.4. The van der Waals surface area contributed by atoms with E-state index in [0.717, 1.165) is 0 Å². The molecule has 1 atom stereocenters. The average Bonchev–Trinajstić information content (AvgIpc) is 2.73. The van der Waals surface area contributed by atoms with Gasteiger partial charge in [0.25, 0.3) is 0 Å². The van der Waals surface area contributed by atoms with E-state index in [-0.39, 0.29) is 30.3 Å². The van der Waals surface area contributed by atoms with E-state index in [1.807, 2.05) is 18.2 Å². The van der Waals surface area contributed by atoms with Gasteiger partial charge in [-0.1, -0.05) is 18.2 Å². The maximum atomic E-state index is 12.8. The lowest BCUT2D eigenvalue weighted by Crippen LogP contribution is -2.45. The van der Waals surface area contributed by atoms with Gasteiger partial charge in [-0.05, 0) is 52.7 Å². The molecule has 2 aromatic carbocycles. The largest absolute Gasteiger partial charge is 0.503 e. The molecule has 0 bridgehead atoms. The van der Waals surface area contributed by atoms with Gasteiger partial charge in [0.1, 0.15) is 19.0 Å². The van der Waals surface area contributed by atoms with Gasteiger partial charge >= 0.3 is 12.0 Å². The Bertz CT molecular complexity index is 977. The summed E-state index contributed by atoms with van der Waals surface area (Å²) in [6.45, 7) is 1.84. The van der Waals surface area contributed by atoms with Gasteiger partial charge in [-0.2, -0.15) is 0 Å². The van der Waals surface area contributed by atoms with Crippen molar-refractivity contribution >= 4 is 27.9 Å². The van der Waals surface area contributed by atoms with Crippen LogP contribution in [-0.4, -0.2) is 37.4 Å². The molecule has 0 saturated carbocycles. The van der Waals surface area contributed by atoms with Gasteiger partial charge in [-0.25, -0.2) is 9.59 Å². The predicted octanol–water partition coefficient (Wildman–Crippen LogP) is 3.41. The first-order valence-corrected chi connectivity index (χ1v) is 9.89. The van der Waals surface area contributed by atoms with Crippen LogP contribution in [0.1, 0.15) is 18.5 Å². The molecule has 0 fully saturated rings. The highest BCUT2D eigenvalue weighted by Gasteiger charge is 2.33. The van der Waals surface area contributed by atoms with Crippen molar-refractivity contribution in [2.75, 3.05) is 20.3 Å². The molecule has 2 amide bonds. The van der Waals surface area contributed by atoms with E-state index in [2.05, 4.69) is 26.6 Å². The second-order valence-electron chi connectivity index (χ2n) is 6.42.